The zero-order chi connectivity index (χ0) is 27.3. The molecule has 0 saturated heterocycles. The first-order valence-electron chi connectivity index (χ1n) is 12.5. The van der Waals surface area contributed by atoms with Crippen LogP contribution in [0.4, 0.5) is 5.69 Å². The lowest BCUT2D eigenvalue weighted by atomic mass is 9.98. The summed E-state index contributed by atoms with van der Waals surface area (Å²) in [7, 11) is 3.16. The summed E-state index contributed by atoms with van der Waals surface area (Å²) in [6.45, 7) is 5.81. The van der Waals surface area contributed by atoms with Crippen molar-refractivity contribution in [2.24, 2.45) is 0 Å². The highest BCUT2D eigenvalue weighted by Gasteiger charge is 2.35. The van der Waals surface area contributed by atoms with Crippen LogP contribution in [-0.2, 0) is 16.1 Å². The summed E-state index contributed by atoms with van der Waals surface area (Å²) in [5, 5.41) is 11.5. The number of nitrogens with zero attached hydrogens (tertiary/aromatic N) is 4. The van der Waals surface area contributed by atoms with E-state index in [1.807, 2.05) is 45.0 Å². The normalized spacial score (nSPS) is 12.1. The summed E-state index contributed by atoms with van der Waals surface area (Å²) in [4.78, 5) is 29.5. The Hall–Kier alpha value is -4.40. The minimum Gasteiger partial charge on any atom is -0.497 e. The number of nitrogens with one attached hydrogen (secondary N) is 1. The Bertz CT molecular complexity index is 1400. The van der Waals surface area contributed by atoms with Gasteiger partial charge in [0.2, 0.25) is 11.8 Å². The van der Waals surface area contributed by atoms with Crippen LogP contribution in [0.25, 0.3) is 11.0 Å². The van der Waals surface area contributed by atoms with Gasteiger partial charge >= 0.3 is 0 Å². The second-order valence-corrected chi connectivity index (χ2v) is 9.60. The average molecular weight is 516 g/mol. The Labute approximate surface area is 222 Å². The van der Waals surface area contributed by atoms with Gasteiger partial charge in [0, 0.05) is 11.2 Å². The van der Waals surface area contributed by atoms with E-state index >= 15 is 0 Å². The molecular weight excluding hydrogens is 482 g/mol. The first kappa shape index (κ1) is 26.7. The summed E-state index contributed by atoms with van der Waals surface area (Å²) in [5.41, 5.74) is 2.13. The molecule has 4 rings (SSSR count). The fraction of sp³-hybridized carbons (Fsp3) is 0.310. The van der Waals surface area contributed by atoms with E-state index in [9.17, 15) is 9.59 Å². The fourth-order valence-corrected chi connectivity index (χ4v) is 4.11. The highest BCUT2D eigenvalue weighted by atomic mass is 16.5. The summed E-state index contributed by atoms with van der Waals surface area (Å²) in [6, 6.07) is 20.7. The van der Waals surface area contributed by atoms with Gasteiger partial charge in [-0.25, -0.2) is 4.68 Å². The molecule has 2 amide bonds. The lowest BCUT2D eigenvalue weighted by Gasteiger charge is -2.34. The predicted octanol–water partition coefficient (Wildman–Crippen LogP) is 4.53. The molecule has 0 saturated carbocycles. The summed E-state index contributed by atoms with van der Waals surface area (Å²) < 4.78 is 12.2. The number of para-hydroxylation sites is 1. The molecular formula is C29H33N5O4. The van der Waals surface area contributed by atoms with Crippen molar-refractivity contribution in [3.8, 4) is 11.5 Å². The third-order valence-corrected chi connectivity index (χ3v) is 6.61. The predicted molar refractivity (Wildman–Crippen MR) is 146 cm³/mol. The first-order valence-corrected chi connectivity index (χ1v) is 12.5. The smallest absolute Gasteiger partial charge is 0.249 e. The molecule has 0 aliphatic carbocycles. The van der Waals surface area contributed by atoms with E-state index in [0.717, 1.165) is 11.9 Å². The van der Waals surface area contributed by atoms with Crippen molar-refractivity contribution in [3.05, 3.63) is 78.4 Å². The van der Waals surface area contributed by atoms with Crippen LogP contribution in [-0.4, -0.2) is 46.6 Å². The standard InChI is InChI=1S/C29H33N5O4/c1-6-29(2,3)30-28(36)27(20-11-15-22(37-4)16-12-20)34(21-13-17-23(38-5)18-14-21)26(35)19-33-25-10-8-7-9-24(25)31-32-33/h7-18,27H,6,19H2,1-5H3,(H,30,36). The molecule has 3 aromatic carbocycles. The van der Waals surface area contributed by atoms with Gasteiger partial charge < -0.3 is 14.8 Å². The molecule has 1 aromatic heterocycles. The number of hydrogen-bond donors (Lipinski definition) is 1. The lowest BCUT2D eigenvalue weighted by molar-refractivity contribution is -0.128. The van der Waals surface area contributed by atoms with Crippen LogP contribution >= 0.6 is 0 Å². The number of amides is 2. The van der Waals surface area contributed by atoms with Gasteiger partial charge in [0.05, 0.1) is 19.7 Å². The number of methoxy groups -OCH3 is 2. The summed E-state index contributed by atoms with van der Waals surface area (Å²) >= 11 is 0. The fourth-order valence-electron chi connectivity index (χ4n) is 4.11. The molecule has 0 aliphatic heterocycles. The van der Waals surface area contributed by atoms with Crippen molar-refractivity contribution in [1.82, 2.24) is 20.3 Å². The molecule has 1 N–H and O–H groups in total. The minimum absolute atomic E-state index is 0.107. The number of benzene rings is 3. The van der Waals surface area contributed by atoms with Crippen molar-refractivity contribution in [3.63, 3.8) is 0 Å². The second kappa shape index (κ2) is 11.3. The van der Waals surface area contributed by atoms with E-state index in [2.05, 4.69) is 15.6 Å². The van der Waals surface area contributed by atoms with Crippen LogP contribution in [0.5, 0.6) is 11.5 Å². The van der Waals surface area contributed by atoms with Crippen LogP contribution in [0.15, 0.2) is 72.8 Å². The minimum atomic E-state index is -0.956. The second-order valence-electron chi connectivity index (χ2n) is 9.60. The molecule has 9 heteroatoms. The largest absolute Gasteiger partial charge is 0.497 e. The van der Waals surface area contributed by atoms with Crippen molar-refractivity contribution in [2.75, 3.05) is 19.1 Å². The van der Waals surface area contributed by atoms with E-state index in [0.29, 0.717) is 28.3 Å². The van der Waals surface area contributed by atoms with Crippen molar-refractivity contribution < 1.29 is 19.1 Å². The number of ether oxygens (including phenoxy) is 2. The number of aromatic nitrogens is 3. The van der Waals surface area contributed by atoms with E-state index in [-0.39, 0.29) is 18.4 Å². The summed E-state index contributed by atoms with van der Waals surface area (Å²) in [5.74, 6) is 0.671. The zero-order valence-corrected chi connectivity index (χ0v) is 22.3. The molecule has 0 bridgehead atoms. The molecule has 9 nitrogen and oxygen atoms in total. The maximum atomic E-state index is 14.1. The van der Waals surface area contributed by atoms with Crippen LogP contribution in [0.2, 0.25) is 0 Å². The van der Waals surface area contributed by atoms with Gasteiger partial charge in [-0.2, -0.15) is 0 Å². The maximum Gasteiger partial charge on any atom is 0.249 e. The first-order chi connectivity index (χ1) is 18.3. The van der Waals surface area contributed by atoms with Crippen LogP contribution in [0.3, 0.4) is 0 Å². The van der Waals surface area contributed by atoms with E-state index in [4.69, 9.17) is 9.47 Å². The molecule has 4 aromatic rings. The number of hydrogen-bond acceptors (Lipinski definition) is 6. The molecule has 0 spiro atoms. The van der Waals surface area contributed by atoms with Crippen molar-refractivity contribution in [1.29, 1.82) is 0 Å². The van der Waals surface area contributed by atoms with E-state index < -0.39 is 11.6 Å². The molecule has 1 heterocycles. The SMILES string of the molecule is CCC(C)(C)NC(=O)C(c1ccc(OC)cc1)N(C(=O)Cn1nnc2ccccc21)c1ccc(OC)cc1. The lowest BCUT2D eigenvalue weighted by Crippen LogP contribution is -2.51. The number of fused-ring (bicyclic) bond motifs is 1. The number of anilines is 1. The van der Waals surface area contributed by atoms with Gasteiger partial charge in [0.15, 0.2) is 0 Å². The van der Waals surface area contributed by atoms with E-state index in [1.165, 1.54) is 4.90 Å². The molecule has 0 aliphatic rings. The number of carbonyl (C=O) groups excluding carboxylic acids is 2. The molecule has 0 radical (unpaired) electrons. The molecule has 0 fully saturated rings. The highest BCUT2D eigenvalue weighted by Crippen LogP contribution is 2.31. The molecule has 38 heavy (non-hydrogen) atoms. The topological polar surface area (TPSA) is 98.6 Å². The Morgan fingerprint density at radius 2 is 1.55 bits per heavy atom. The Morgan fingerprint density at radius 1 is 0.947 bits per heavy atom. The van der Waals surface area contributed by atoms with Gasteiger partial charge in [-0.3, -0.25) is 14.5 Å². The Balaban J connectivity index is 1.82. The van der Waals surface area contributed by atoms with Gasteiger partial charge in [0.1, 0.15) is 29.6 Å². The zero-order valence-electron chi connectivity index (χ0n) is 22.3. The number of carbonyl (C=O) groups is 2. The van der Waals surface area contributed by atoms with E-state index in [1.54, 1.807) is 67.4 Å². The molecule has 1 unspecified atom stereocenters. The van der Waals surface area contributed by atoms with Crippen LogP contribution < -0.4 is 19.7 Å². The quantitative estimate of drug-likeness (QED) is 0.333. The van der Waals surface area contributed by atoms with Crippen molar-refractivity contribution >= 4 is 28.5 Å². The van der Waals surface area contributed by atoms with Crippen LogP contribution in [0.1, 0.15) is 38.8 Å². The average Bonchev–Trinajstić information content (AvgIpc) is 3.34. The molecule has 198 valence electrons. The van der Waals surface area contributed by atoms with Gasteiger partial charge in [0.25, 0.3) is 0 Å². The highest BCUT2D eigenvalue weighted by molar-refractivity contribution is 6.01. The number of rotatable bonds is 10. The molecule has 1 atom stereocenters. The third-order valence-electron chi connectivity index (χ3n) is 6.61. The Kier molecular flexibility index (Phi) is 7.95. The maximum absolute atomic E-state index is 14.1. The van der Waals surface area contributed by atoms with Crippen molar-refractivity contribution in [2.45, 2.75) is 45.3 Å². The van der Waals surface area contributed by atoms with Gasteiger partial charge in [-0.05, 0) is 74.4 Å². The Morgan fingerprint density at radius 3 is 2.16 bits per heavy atom. The van der Waals surface area contributed by atoms with Gasteiger partial charge in [-0.15, -0.1) is 5.10 Å². The monoisotopic (exact) mass is 515 g/mol. The third kappa shape index (κ3) is 5.77. The van der Waals surface area contributed by atoms with Crippen LogP contribution in [0, 0.1) is 0 Å². The van der Waals surface area contributed by atoms with Gasteiger partial charge in [-0.1, -0.05) is 36.4 Å². The summed E-state index contributed by atoms with van der Waals surface area (Å²) in [6.07, 6.45) is 0.718.